The van der Waals surface area contributed by atoms with Crippen LogP contribution < -0.4 is 11.5 Å². The predicted octanol–water partition coefficient (Wildman–Crippen LogP) is 2.03. The van der Waals surface area contributed by atoms with Gasteiger partial charge in [-0.3, -0.25) is 9.69 Å². The molecular weight excluding hydrogens is 266 g/mol. The van der Waals surface area contributed by atoms with Crippen LogP contribution in [0.1, 0.15) is 35.4 Å². The maximum atomic E-state index is 12.4. The number of Topliss-reactive ketones (excluding diaryl/α,β-unsaturated/α-hetero) is 1. The number of ketones is 1. The van der Waals surface area contributed by atoms with Crippen LogP contribution in [-0.2, 0) is 4.74 Å². The molecule has 2 rings (SSSR count). The molecule has 1 saturated heterocycles. The standard InChI is InChI=1S/C16H24N2O2.H3N/c1-4-14(18(2)3)16(19)13-7-5-12(6-8-13)15-11-17-9-10-20-15;/h5-8,14-15,17H,4,9-11H2,1-3H3;1H3. The summed E-state index contributed by atoms with van der Waals surface area (Å²) in [4.78, 5) is 14.4. The van der Waals surface area contributed by atoms with Crippen molar-refractivity contribution >= 4 is 5.78 Å². The second-order valence-electron chi connectivity index (χ2n) is 5.44. The van der Waals surface area contributed by atoms with E-state index in [2.05, 4.69) is 5.32 Å². The van der Waals surface area contributed by atoms with Crippen molar-refractivity contribution in [3.63, 3.8) is 0 Å². The number of ether oxygens (including phenoxy) is 1. The highest BCUT2D eigenvalue weighted by Gasteiger charge is 2.21. The molecule has 1 aromatic carbocycles. The molecule has 1 fully saturated rings. The number of nitrogens with zero attached hydrogens (tertiary/aromatic N) is 1. The number of nitrogens with one attached hydrogen (secondary N) is 1. The molecule has 5 heteroatoms. The molecule has 4 N–H and O–H groups in total. The summed E-state index contributed by atoms with van der Waals surface area (Å²) in [5.74, 6) is 0.187. The summed E-state index contributed by atoms with van der Waals surface area (Å²) < 4.78 is 5.72. The summed E-state index contributed by atoms with van der Waals surface area (Å²) >= 11 is 0. The van der Waals surface area contributed by atoms with Gasteiger partial charge in [0.15, 0.2) is 5.78 Å². The van der Waals surface area contributed by atoms with Gasteiger partial charge in [-0.1, -0.05) is 31.2 Å². The van der Waals surface area contributed by atoms with Crippen LogP contribution in [0.4, 0.5) is 0 Å². The summed E-state index contributed by atoms with van der Waals surface area (Å²) in [6.07, 6.45) is 0.923. The molecule has 1 aliphatic rings. The van der Waals surface area contributed by atoms with Crippen molar-refractivity contribution in [2.24, 2.45) is 0 Å². The third-order valence-electron chi connectivity index (χ3n) is 3.81. The fraction of sp³-hybridized carbons (Fsp3) is 0.562. The Balaban J connectivity index is 0.00000220. The van der Waals surface area contributed by atoms with Gasteiger partial charge >= 0.3 is 0 Å². The van der Waals surface area contributed by atoms with Gasteiger partial charge in [-0.05, 0) is 26.1 Å². The Morgan fingerprint density at radius 2 is 2.05 bits per heavy atom. The highest BCUT2D eigenvalue weighted by Crippen LogP contribution is 2.20. The Labute approximate surface area is 127 Å². The summed E-state index contributed by atoms with van der Waals surface area (Å²) in [5, 5.41) is 3.31. The van der Waals surface area contributed by atoms with E-state index in [-0.39, 0.29) is 24.1 Å². The molecule has 2 atom stereocenters. The number of carbonyl (C=O) groups excluding carboxylic acids is 1. The molecule has 118 valence electrons. The molecule has 1 aromatic rings. The smallest absolute Gasteiger partial charge is 0.179 e. The van der Waals surface area contributed by atoms with Crippen LogP contribution in [0.25, 0.3) is 0 Å². The SMILES string of the molecule is CCC(C(=O)c1ccc(C2CNCCO2)cc1)N(C)C.N. The van der Waals surface area contributed by atoms with Crippen molar-refractivity contribution in [1.82, 2.24) is 16.4 Å². The van der Waals surface area contributed by atoms with Crippen molar-refractivity contribution < 1.29 is 9.53 Å². The number of rotatable bonds is 5. The Kier molecular flexibility index (Phi) is 6.98. The van der Waals surface area contributed by atoms with Gasteiger partial charge in [0.1, 0.15) is 0 Å². The summed E-state index contributed by atoms with van der Waals surface area (Å²) in [6.45, 7) is 4.53. The van der Waals surface area contributed by atoms with E-state index in [1.165, 1.54) is 0 Å². The zero-order valence-electron chi connectivity index (χ0n) is 13.3. The molecule has 2 unspecified atom stereocenters. The summed E-state index contributed by atoms with van der Waals surface area (Å²) in [6, 6.07) is 7.80. The van der Waals surface area contributed by atoms with E-state index < -0.39 is 0 Å². The van der Waals surface area contributed by atoms with Crippen molar-refractivity contribution in [1.29, 1.82) is 0 Å². The third-order valence-corrected chi connectivity index (χ3v) is 3.81. The van der Waals surface area contributed by atoms with Crippen LogP contribution in [0.3, 0.4) is 0 Å². The monoisotopic (exact) mass is 293 g/mol. The Morgan fingerprint density at radius 3 is 2.52 bits per heavy atom. The molecule has 0 bridgehead atoms. The lowest BCUT2D eigenvalue weighted by atomic mass is 9.99. The fourth-order valence-corrected chi connectivity index (χ4v) is 2.62. The van der Waals surface area contributed by atoms with E-state index in [1.54, 1.807) is 0 Å². The van der Waals surface area contributed by atoms with Crippen molar-refractivity contribution in [3.05, 3.63) is 35.4 Å². The van der Waals surface area contributed by atoms with E-state index >= 15 is 0 Å². The molecule has 0 aliphatic carbocycles. The van der Waals surface area contributed by atoms with Gasteiger partial charge in [0, 0.05) is 18.7 Å². The summed E-state index contributed by atoms with van der Waals surface area (Å²) in [7, 11) is 3.89. The minimum Gasteiger partial charge on any atom is -0.371 e. The van der Waals surface area contributed by atoms with E-state index in [1.807, 2.05) is 50.2 Å². The number of hydrogen-bond acceptors (Lipinski definition) is 5. The Morgan fingerprint density at radius 1 is 1.38 bits per heavy atom. The molecule has 0 spiro atoms. The zero-order valence-corrected chi connectivity index (χ0v) is 13.3. The number of carbonyl (C=O) groups is 1. The first-order valence-electron chi connectivity index (χ1n) is 7.26. The Hall–Kier alpha value is -1.27. The van der Waals surface area contributed by atoms with Gasteiger partial charge in [-0.15, -0.1) is 0 Å². The zero-order chi connectivity index (χ0) is 14.5. The highest BCUT2D eigenvalue weighted by molar-refractivity contribution is 6.00. The minimum atomic E-state index is -0.0477. The van der Waals surface area contributed by atoms with Crippen LogP contribution in [0.15, 0.2) is 24.3 Å². The van der Waals surface area contributed by atoms with Gasteiger partial charge in [0.05, 0.1) is 18.8 Å². The van der Waals surface area contributed by atoms with Crippen LogP contribution in [-0.4, -0.2) is 50.5 Å². The van der Waals surface area contributed by atoms with Crippen molar-refractivity contribution in [2.45, 2.75) is 25.5 Å². The first-order chi connectivity index (χ1) is 9.63. The number of benzene rings is 1. The Bertz CT molecular complexity index is 439. The second kappa shape index (κ2) is 8.24. The largest absolute Gasteiger partial charge is 0.371 e. The van der Waals surface area contributed by atoms with Gasteiger partial charge in [0.2, 0.25) is 0 Å². The average Bonchev–Trinajstić information content (AvgIpc) is 2.48. The molecule has 0 saturated carbocycles. The lowest BCUT2D eigenvalue weighted by molar-refractivity contribution is 0.0277. The highest BCUT2D eigenvalue weighted by atomic mass is 16.5. The normalized spacial score (nSPS) is 19.9. The average molecular weight is 293 g/mol. The number of morpholine rings is 1. The molecule has 0 amide bonds. The minimum absolute atomic E-state index is 0. The van der Waals surface area contributed by atoms with Gasteiger partial charge < -0.3 is 16.2 Å². The first kappa shape index (κ1) is 17.8. The predicted molar refractivity (Wildman–Crippen MR) is 85.1 cm³/mol. The molecule has 5 nitrogen and oxygen atoms in total. The number of hydrogen-bond donors (Lipinski definition) is 2. The van der Waals surface area contributed by atoms with E-state index in [4.69, 9.17) is 4.74 Å². The number of likely N-dealkylation sites (N-methyl/N-ethyl adjacent to an activating group) is 1. The molecule has 0 radical (unpaired) electrons. The van der Waals surface area contributed by atoms with Crippen molar-refractivity contribution in [2.75, 3.05) is 33.8 Å². The maximum absolute atomic E-state index is 12.4. The maximum Gasteiger partial charge on any atom is 0.179 e. The molecular formula is C16H27N3O2. The van der Waals surface area contributed by atoms with Crippen molar-refractivity contribution in [3.8, 4) is 0 Å². The van der Waals surface area contributed by atoms with Crippen LogP contribution in [0.5, 0.6) is 0 Å². The van der Waals surface area contributed by atoms with Gasteiger partial charge in [-0.25, -0.2) is 0 Å². The molecule has 1 aliphatic heterocycles. The molecule has 0 aromatic heterocycles. The topological polar surface area (TPSA) is 76.6 Å². The van der Waals surface area contributed by atoms with Crippen LogP contribution >= 0.6 is 0 Å². The van der Waals surface area contributed by atoms with Crippen LogP contribution in [0, 0.1) is 0 Å². The van der Waals surface area contributed by atoms with E-state index in [9.17, 15) is 4.79 Å². The van der Waals surface area contributed by atoms with E-state index in [0.717, 1.165) is 37.2 Å². The lowest BCUT2D eigenvalue weighted by Crippen LogP contribution is -2.35. The van der Waals surface area contributed by atoms with Crippen LogP contribution in [0.2, 0.25) is 0 Å². The first-order valence-corrected chi connectivity index (χ1v) is 7.26. The fourth-order valence-electron chi connectivity index (χ4n) is 2.62. The molecule has 1 heterocycles. The summed E-state index contributed by atoms with van der Waals surface area (Å²) in [5.41, 5.74) is 1.91. The quantitative estimate of drug-likeness (QED) is 0.812. The second-order valence-corrected chi connectivity index (χ2v) is 5.44. The van der Waals surface area contributed by atoms with E-state index in [0.29, 0.717) is 0 Å². The van der Waals surface area contributed by atoms with Gasteiger partial charge in [-0.2, -0.15) is 0 Å². The third kappa shape index (κ3) is 4.35. The van der Waals surface area contributed by atoms with Gasteiger partial charge in [0.25, 0.3) is 0 Å². The molecule has 21 heavy (non-hydrogen) atoms. The lowest BCUT2D eigenvalue weighted by Gasteiger charge is -2.24.